The second-order valence-electron chi connectivity index (χ2n) is 6.74. The maximum Gasteiger partial charge on any atom is 0.278 e. The van der Waals surface area contributed by atoms with Crippen LogP contribution in [0.1, 0.15) is 11.1 Å². The van der Waals surface area contributed by atoms with Crippen LogP contribution in [0.5, 0.6) is 0 Å². The van der Waals surface area contributed by atoms with Crippen LogP contribution in [0.3, 0.4) is 0 Å². The highest BCUT2D eigenvalue weighted by Crippen LogP contribution is 2.36. The average molecular weight is 401 g/mol. The zero-order chi connectivity index (χ0) is 20.2. The van der Waals surface area contributed by atoms with E-state index in [-0.39, 0.29) is 18.4 Å². The molecular formula is C24H20N2O2S. The van der Waals surface area contributed by atoms with E-state index < -0.39 is 0 Å². The highest BCUT2D eigenvalue weighted by atomic mass is 32.2. The maximum atomic E-state index is 13.2. The molecule has 0 bridgehead atoms. The lowest BCUT2D eigenvalue weighted by molar-refractivity contribution is -0.137. The van der Waals surface area contributed by atoms with Crippen LogP contribution in [-0.4, -0.2) is 16.7 Å². The van der Waals surface area contributed by atoms with Crippen molar-refractivity contribution in [2.24, 2.45) is 0 Å². The molecule has 0 saturated heterocycles. The molecule has 5 heteroatoms. The number of rotatable bonds is 6. The molecule has 3 aromatic carbocycles. The van der Waals surface area contributed by atoms with Crippen molar-refractivity contribution in [2.45, 2.75) is 18.4 Å². The Morgan fingerprint density at radius 1 is 0.793 bits per heavy atom. The van der Waals surface area contributed by atoms with Gasteiger partial charge in [0.2, 0.25) is 0 Å². The van der Waals surface area contributed by atoms with Crippen LogP contribution in [0.15, 0.2) is 100 Å². The van der Waals surface area contributed by atoms with Crippen LogP contribution >= 0.6 is 11.8 Å². The summed E-state index contributed by atoms with van der Waals surface area (Å²) in [7, 11) is 0. The molecule has 1 aliphatic rings. The van der Waals surface area contributed by atoms with Crippen LogP contribution in [-0.2, 0) is 16.1 Å². The predicted molar refractivity (Wildman–Crippen MR) is 116 cm³/mol. The topological polar surface area (TPSA) is 49.4 Å². The Balaban J connectivity index is 1.69. The van der Waals surface area contributed by atoms with Gasteiger partial charge in [-0.15, -0.1) is 0 Å². The second kappa shape index (κ2) is 8.37. The number of hydrogen-bond acceptors (Lipinski definition) is 4. The quantitative estimate of drug-likeness (QED) is 0.593. The molecule has 0 aliphatic carbocycles. The fourth-order valence-electron chi connectivity index (χ4n) is 3.12. The molecule has 0 atom stereocenters. The van der Waals surface area contributed by atoms with Crippen LogP contribution in [0.25, 0.3) is 0 Å². The van der Waals surface area contributed by atoms with E-state index in [1.165, 1.54) is 16.7 Å². The van der Waals surface area contributed by atoms with E-state index in [2.05, 4.69) is 5.32 Å². The highest BCUT2D eigenvalue weighted by Gasteiger charge is 2.39. The van der Waals surface area contributed by atoms with E-state index in [9.17, 15) is 9.59 Å². The summed E-state index contributed by atoms with van der Waals surface area (Å²) in [5.74, 6) is -0.579. The molecule has 1 heterocycles. The van der Waals surface area contributed by atoms with Crippen molar-refractivity contribution in [3.8, 4) is 0 Å². The number of para-hydroxylation sites is 1. The number of aryl methyl sites for hydroxylation is 1. The Morgan fingerprint density at radius 2 is 1.41 bits per heavy atom. The number of imide groups is 1. The second-order valence-corrected chi connectivity index (χ2v) is 7.82. The SMILES string of the molecule is Cc1ccccc1NC1=C(Sc2ccccc2)C(=O)N(Cc2ccccc2)C1=O. The first kappa shape index (κ1) is 19.0. The molecule has 1 aliphatic heterocycles. The van der Waals surface area contributed by atoms with Crippen molar-refractivity contribution >= 4 is 29.3 Å². The summed E-state index contributed by atoms with van der Waals surface area (Å²) in [6, 6.07) is 26.9. The molecule has 3 aromatic rings. The third-order valence-electron chi connectivity index (χ3n) is 4.68. The molecule has 0 radical (unpaired) electrons. The van der Waals surface area contributed by atoms with Gasteiger partial charge in [-0.2, -0.15) is 0 Å². The van der Waals surface area contributed by atoms with E-state index in [0.29, 0.717) is 10.6 Å². The van der Waals surface area contributed by atoms with Crippen molar-refractivity contribution in [1.82, 2.24) is 4.90 Å². The first-order valence-electron chi connectivity index (χ1n) is 9.33. The summed E-state index contributed by atoms with van der Waals surface area (Å²) in [5, 5.41) is 3.22. The fourth-order valence-corrected chi connectivity index (χ4v) is 4.09. The summed E-state index contributed by atoms with van der Waals surface area (Å²) in [6.07, 6.45) is 0. The van der Waals surface area contributed by atoms with Gasteiger partial charge in [0, 0.05) is 10.6 Å². The molecule has 144 valence electrons. The number of carbonyl (C=O) groups excluding carboxylic acids is 2. The number of carbonyl (C=O) groups is 2. The van der Waals surface area contributed by atoms with Crippen molar-refractivity contribution in [3.63, 3.8) is 0 Å². The van der Waals surface area contributed by atoms with Gasteiger partial charge >= 0.3 is 0 Å². The number of benzene rings is 3. The van der Waals surface area contributed by atoms with Crippen molar-refractivity contribution < 1.29 is 9.59 Å². The number of anilines is 1. The van der Waals surface area contributed by atoms with E-state index in [1.54, 1.807) is 0 Å². The summed E-state index contributed by atoms with van der Waals surface area (Å²) >= 11 is 1.32. The fraction of sp³-hybridized carbons (Fsp3) is 0.0833. The summed E-state index contributed by atoms with van der Waals surface area (Å²) in [4.78, 5) is 29.0. The normalized spacial score (nSPS) is 13.9. The van der Waals surface area contributed by atoms with Gasteiger partial charge in [-0.1, -0.05) is 78.5 Å². The molecular weight excluding hydrogens is 380 g/mol. The third kappa shape index (κ3) is 4.10. The van der Waals surface area contributed by atoms with Gasteiger partial charge in [0.15, 0.2) is 0 Å². The zero-order valence-corrected chi connectivity index (χ0v) is 16.8. The first-order valence-corrected chi connectivity index (χ1v) is 10.1. The Labute approximate surface area is 174 Å². The van der Waals surface area contributed by atoms with Gasteiger partial charge < -0.3 is 5.32 Å². The minimum atomic E-state index is -0.305. The van der Waals surface area contributed by atoms with E-state index in [0.717, 1.165) is 21.7 Å². The van der Waals surface area contributed by atoms with Gasteiger partial charge in [-0.05, 0) is 36.2 Å². The summed E-state index contributed by atoms with van der Waals surface area (Å²) in [5.41, 5.74) is 3.06. The van der Waals surface area contributed by atoms with Crippen LogP contribution in [0.4, 0.5) is 5.69 Å². The maximum absolute atomic E-state index is 13.2. The van der Waals surface area contributed by atoms with E-state index in [1.807, 2.05) is 91.9 Å². The van der Waals surface area contributed by atoms with Crippen LogP contribution < -0.4 is 5.32 Å². The first-order chi connectivity index (χ1) is 14.1. The molecule has 29 heavy (non-hydrogen) atoms. The molecule has 0 saturated carbocycles. The predicted octanol–water partition coefficient (Wildman–Crippen LogP) is 4.98. The van der Waals surface area contributed by atoms with Crippen LogP contribution in [0, 0.1) is 6.92 Å². The molecule has 0 unspecified atom stereocenters. The average Bonchev–Trinajstić information content (AvgIpc) is 2.96. The number of thioether (sulfide) groups is 1. The molecule has 1 N–H and O–H groups in total. The zero-order valence-electron chi connectivity index (χ0n) is 16.0. The Bertz CT molecular complexity index is 1080. The molecule has 0 fully saturated rings. The van der Waals surface area contributed by atoms with Gasteiger partial charge in [0.05, 0.1) is 6.54 Å². The van der Waals surface area contributed by atoms with Gasteiger partial charge in [0.25, 0.3) is 11.8 Å². The lowest BCUT2D eigenvalue weighted by Crippen LogP contribution is -2.31. The van der Waals surface area contributed by atoms with Gasteiger partial charge in [-0.25, -0.2) is 0 Å². The molecule has 4 nitrogen and oxygen atoms in total. The van der Waals surface area contributed by atoms with E-state index in [4.69, 9.17) is 0 Å². The molecule has 2 amide bonds. The smallest absolute Gasteiger partial charge is 0.278 e. The van der Waals surface area contributed by atoms with Crippen molar-refractivity contribution in [1.29, 1.82) is 0 Å². The van der Waals surface area contributed by atoms with Crippen molar-refractivity contribution in [3.05, 3.63) is 107 Å². The largest absolute Gasteiger partial charge is 0.350 e. The Kier molecular flexibility index (Phi) is 5.49. The molecule has 0 aromatic heterocycles. The molecule has 4 rings (SSSR count). The highest BCUT2D eigenvalue weighted by molar-refractivity contribution is 8.04. The van der Waals surface area contributed by atoms with Crippen molar-refractivity contribution in [2.75, 3.05) is 5.32 Å². The standard InChI is InChI=1S/C24H20N2O2S/c1-17-10-8-9-15-20(17)25-21-22(29-19-13-6-3-7-14-19)24(28)26(23(21)27)16-18-11-4-2-5-12-18/h2-15,25H,16H2,1H3. The monoisotopic (exact) mass is 400 g/mol. The third-order valence-corrected chi connectivity index (χ3v) is 5.77. The summed E-state index contributed by atoms with van der Waals surface area (Å²) < 4.78 is 0. The Hall–Kier alpha value is -3.31. The van der Waals surface area contributed by atoms with Gasteiger partial charge in [-0.3, -0.25) is 14.5 Å². The lowest BCUT2D eigenvalue weighted by atomic mass is 10.2. The minimum absolute atomic E-state index is 0.246. The number of hydrogen-bond donors (Lipinski definition) is 1. The summed E-state index contributed by atoms with van der Waals surface area (Å²) in [6.45, 7) is 2.21. The lowest BCUT2D eigenvalue weighted by Gasteiger charge is -2.15. The Morgan fingerprint density at radius 3 is 2.10 bits per heavy atom. The minimum Gasteiger partial charge on any atom is -0.350 e. The van der Waals surface area contributed by atoms with E-state index >= 15 is 0 Å². The van der Waals surface area contributed by atoms with Crippen LogP contribution in [0.2, 0.25) is 0 Å². The number of nitrogens with zero attached hydrogens (tertiary/aromatic N) is 1. The van der Waals surface area contributed by atoms with Gasteiger partial charge in [0.1, 0.15) is 10.6 Å². The number of nitrogens with one attached hydrogen (secondary N) is 1. The molecule has 0 spiro atoms. The number of amides is 2.